The van der Waals surface area contributed by atoms with E-state index in [0.29, 0.717) is 5.92 Å². The molecule has 28 heavy (non-hydrogen) atoms. The Morgan fingerprint density at radius 1 is 1.04 bits per heavy atom. The number of aryl methyl sites for hydroxylation is 3. The molecule has 0 bridgehead atoms. The van der Waals surface area contributed by atoms with Crippen molar-refractivity contribution < 1.29 is 58.9 Å². The fourth-order valence-electron chi connectivity index (χ4n) is 4.60. The Balaban J connectivity index is -0.00000156. The summed E-state index contributed by atoms with van der Waals surface area (Å²) in [5.41, 5.74) is 6.01. The van der Waals surface area contributed by atoms with E-state index in [1.54, 1.807) is 16.0 Å². The van der Waals surface area contributed by atoms with Gasteiger partial charge in [-0.25, -0.2) is 5.20 Å². The Morgan fingerprint density at radius 3 is 2.04 bits per heavy atom. The number of unbranched alkanes of at least 4 members (excludes halogenated alkanes) is 1. The largest absolute Gasteiger partial charge is 4.00 e. The summed E-state index contributed by atoms with van der Waals surface area (Å²) in [5.74, 6) is 0.662. The molecule has 0 saturated carbocycles. The van der Waals surface area contributed by atoms with Crippen LogP contribution in [-0.2, 0) is 21.7 Å². The number of allylic oxidation sites excluding steroid dienone is 4. The third-order valence-corrected chi connectivity index (χ3v) is 10.7. The molecule has 0 aromatic heterocycles. The van der Waals surface area contributed by atoms with Crippen LogP contribution in [0.4, 0.5) is 0 Å². The first kappa shape index (κ1) is 33.1. The Kier molecular flexibility index (Phi) is 17.2. The van der Waals surface area contributed by atoms with Gasteiger partial charge in [-0.2, -0.15) is 11.6 Å². The minimum Gasteiger partial charge on any atom is -1.00 e. The van der Waals surface area contributed by atoms with Crippen LogP contribution < -0.4 is 42.4 Å². The van der Waals surface area contributed by atoms with Gasteiger partial charge >= 0.3 is 21.7 Å². The zero-order valence-electron chi connectivity index (χ0n) is 18.5. The maximum atomic E-state index is 3.82. The first-order valence-electron chi connectivity index (χ1n) is 9.75. The van der Waals surface area contributed by atoms with Crippen molar-refractivity contribution in [2.75, 3.05) is 0 Å². The molecule has 1 aromatic rings. The SMILES string of the molecule is CCCC[Si](C)(C1=[C-]CC=C1C(C)CC)c1c(C)cc(C)cc1C.[Cl-].[Cl-].[Cl-].[Ti+4]. The van der Waals surface area contributed by atoms with Crippen LogP contribution in [-0.4, -0.2) is 8.07 Å². The van der Waals surface area contributed by atoms with E-state index in [1.807, 2.05) is 0 Å². The van der Waals surface area contributed by atoms with Crippen molar-refractivity contribution in [2.45, 2.75) is 79.8 Å². The van der Waals surface area contributed by atoms with Crippen LogP contribution in [0.3, 0.4) is 0 Å². The van der Waals surface area contributed by atoms with E-state index < -0.39 is 8.07 Å². The number of halogens is 3. The van der Waals surface area contributed by atoms with Crippen LogP contribution in [0.5, 0.6) is 0 Å². The molecule has 0 fully saturated rings. The van der Waals surface area contributed by atoms with Gasteiger partial charge in [-0.1, -0.05) is 92.6 Å². The molecule has 0 nitrogen and oxygen atoms in total. The van der Waals surface area contributed by atoms with Gasteiger partial charge < -0.3 is 37.2 Å². The Morgan fingerprint density at radius 2 is 1.57 bits per heavy atom. The maximum Gasteiger partial charge on any atom is 4.00 e. The molecular formula is C23H35Cl3SiTi. The second-order valence-electron chi connectivity index (χ2n) is 7.93. The molecule has 5 heteroatoms. The number of hydrogen-bond donors (Lipinski definition) is 0. The molecule has 2 rings (SSSR count). The molecule has 0 heterocycles. The summed E-state index contributed by atoms with van der Waals surface area (Å²) < 4.78 is 0. The van der Waals surface area contributed by atoms with Gasteiger partial charge in [0, 0.05) is 0 Å². The molecular weight excluding hydrogens is 459 g/mol. The van der Waals surface area contributed by atoms with Gasteiger partial charge in [0.15, 0.2) is 0 Å². The Bertz CT molecular complexity index is 647. The second-order valence-corrected chi connectivity index (χ2v) is 12.1. The van der Waals surface area contributed by atoms with Gasteiger partial charge in [0.1, 0.15) is 0 Å². The van der Waals surface area contributed by atoms with Crippen molar-refractivity contribution in [1.82, 2.24) is 0 Å². The maximum absolute atomic E-state index is 3.82. The molecule has 0 N–H and O–H groups in total. The van der Waals surface area contributed by atoms with Crippen molar-refractivity contribution in [3.8, 4) is 0 Å². The van der Waals surface area contributed by atoms with Gasteiger partial charge in [-0.3, -0.25) is 6.08 Å². The third kappa shape index (κ3) is 7.03. The summed E-state index contributed by atoms with van der Waals surface area (Å²) in [6.45, 7) is 16.5. The topological polar surface area (TPSA) is 0 Å². The average molecular weight is 494 g/mol. The van der Waals surface area contributed by atoms with Crippen LogP contribution in [0.15, 0.2) is 29.0 Å². The number of hydrogen-bond acceptors (Lipinski definition) is 0. The van der Waals surface area contributed by atoms with Crippen LogP contribution in [0.2, 0.25) is 12.6 Å². The van der Waals surface area contributed by atoms with Crippen molar-refractivity contribution in [3.63, 3.8) is 0 Å². The van der Waals surface area contributed by atoms with Crippen LogP contribution in [0.25, 0.3) is 0 Å². The fraction of sp³-hybridized carbons (Fsp3) is 0.565. The summed E-state index contributed by atoms with van der Waals surface area (Å²) >= 11 is 0. The number of benzene rings is 1. The van der Waals surface area contributed by atoms with E-state index in [4.69, 9.17) is 0 Å². The van der Waals surface area contributed by atoms with E-state index in [1.165, 1.54) is 42.0 Å². The molecule has 1 aromatic carbocycles. The molecule has 0 saturated heterocycles. The van der Waals surface area contributed by atoms with Crippen LogP contribution in [0.1, 0.15) is 63.1 Å². The van der Waals surface area contributed by atoms with Crippen molar-refractivity contribution in [3.05, 3.63) is 51.7 Å². The summed E-state index contributed by atoms with van der Waals surface area (Å²) in [6, 6.07) is 6.13. The first-order chi connectivity index (χ1) is 11.3. The van der Waals surface area contributed by atoms with Crippen LogP contribution in [0, 0.1) is 32.8 Å². The summed E-state index contributed by atoms with van der Waals surface area (Å²) in [4.78, 5) is 0. The minimum absolute atomic E-state index is 0. The summed E-state index contributed by atoms with van der Waals surface area (Å²) in [6.07, 6.45) is 11.1. The minimum atomic E-state index is -1.73. The molecule has 0 aliphatic heterocycles. The van der Waals surface area contributed by atoms with Crippen molar-refractivity contribution in [1.29, 1.82) is 0 Å². The Labute approximate surface area is 208 Å². The van der Waals surface area contributed by atoms with Gasteiger partial charge in [0.05, 0.1) is 8.07 Å². The molecule has 156 valence electrons. The van der Waals surface area contributed by atoms with E-state index in [0.717, 1.165) is 6.42 Å². The quantitative estimate of drug-likeness (QED) is 0.288. The monoisotopic (exact) mass is 492 g/mol. The molecule has 2 unspecified atom stereocenters. The summed E-state index contributed by atoms with van der Waals surface area (Å²) in [5, 5.41) is 3.31. The predicted molar refractivity (Wildman–Crippen MR) is 111 cm³/mol. The second kappa shape index (κ2) is 14.5. The predicted octanol–water partition coefficient (Wildman–Crippen LogP) is -2.65. The molecule has 1 aliphatic rings. The van der Waals surface area contributed by atoms with E-state index in [2.05, 4.69) is 72.4 Å². The third-order valence-electron chi connectivity index (χ3n) is 5.84. The van der Waals surface area contributed by atoms with E-state index >= 15 is 0 Å². The fourth-order valence-corrected chi connectivity index (χ4v) is 9.78. The number of rotatable bonds is 7. The molecule has 1 aliphatic carbocycles. The Hall–Kier alpha value is 0.501. The summed E-state index contributed by atoms with van der Waals surface area (Å²) in [7, 11) is -1.73. The standard InChI is InChI=1S/C23H35Si.3ClH.Ti/c1-8-10-14-24(7,22-13-11-12-21(22)18(4)9-2)23-19(5)15-17(3)16-20(23)6;;;;/h12,15-16,18H,8-11,14H2,1-7H3;3*1H;/q-1;;;;+4/p-3. The van der Waals surface area contributed by atoms with E-state index in [9.17, 15) is 0 Å². The molecule has 0 radical (unpaired) electrons. The van der Waals surface area contributed by atoms with E-state index in [-0.39, 0.29) is 58.9 Å². The van der Waals surface area contributed by atoms with Gasteiger partial charge in [0.2, 0.25) is 0 Å². The van der Waals surface area contributed by atoms with Crippen molar-refractivity contribution >= 4 is 13.3 Å². The average Bonchev–Trinajstić information content (AvgIpc) is 3.01. The van der Waals surface area contributed by atoms with Crippen molar-refractivity contribution in [2.24, 2.45) is 5.92 Å². The first-order valence-corrected chi connectivity index (χ1v) is 12.5. The smallest absolute Gasteiger partial charge is 1.00 e. The molecule has 0 amide bonds. The molecule has 0 spiro atoms. The van der Waals surface area contributed by atoms with Gasteiger partial charge in [-0.15, -0.1) is 6.42 Å². The zero-order valence-corrected chi connectivity index (χ0v) is 23.3. The van der Waals surface area contributed by atoms with Crippen LogP contribution >= 0.6 is 0 Å². The molecule has 2 atom stereocenters. The zero-order chi connectivity index (χ0) is 17.9. The normalized spacial score (nSPS) is 15.5. The van der Waals surface area contributed by atoms with Gasteiger partial charge in [-0.05, 0) is 20.8 Å². The van der Waals surface area contributed by atoms with Gasteiger partial charge in [0.25, 0.3) is 0 Å².